The summed E-state index contributed by atoms with van der Waals surface area (Å²) in [7, 11) is 0. The molecular weight excluding hydrogens is 318 g/mol. The second-order valence-electron chi connectivity index (χ2n) is 5.22. The zero-order valence-corrected chi connectivity index (χ0v) is 14.2. The van der Waals surface area contributed by atoms with Crippen LogP contribution in [0.4, 0.5) is 0 Å². The van der Waals surface area contributed by atoms with Gasteiger partial charge in [-0.15, -0.1) is 0 Å². The minimum Gasteiger partial charge on any atom is -0.356 e. The topological polar surface area (TPSA) is 41.6 Å². The fraction of sp³-hybridized carbons (Fsp3) is 0.375. The standard InChI is InChI=1S/C16H18ClN3OS/c1-11(20-8-4-7-18-16(20)22-2)14-10-15(21-19-14)12-5-3-6-13(17)9-12/h3,5-6,9-11H,4,7-8H2,1-2H3. The second-order valence-corrected chi connectivity index (χ2v) is 6.43. The van der Waals surface area contributed by atoms with E-state index in [2.05, 4.69) is 28.2 Å². The average Bonchev–Trinajstić information content (AvgIpc) is 3.04. The monoisotopic (exact) mass is 335 g/mol. The molecule has 1 atom stereocenters. The Morgan fingerprint density at radius 1 is 1.36 bits per heavy atom. The SMILES string of the molecule is CSC1=NCCCN1C(C)c1cc(-c2cccc(Cl)c2)on1. The van der Waals surface area contributed by atoms with Gasteiger partial charge < -0.3 is 9.42 Å². The van der Waals surface area contributed by atoms with Crippen molar-refractivity contribution in [2.24, 2.45) is 4.99 Å². The Morgan fingerprint density at radius 3 is 3.00 bits per heavy atom. The third-order valence-corrected chi connectivity index (χ3v) is 4.73. The smallest absolute Gasteiger partial charge is 0.167 e. The van der Waals surface area contributed by atoms with Gasteiger partial charge in [-0.25, -0.2) is 0 Å². The molecule has 0 N–H and O–H groups in total. The van der Waals surface area contributed by atoms with E-state index in [9.17, 15) is 0 Å². The number of aromatic nitrogens is 1. The van der Waals surface area contributed by atoms with Gasteiger partial charge in [0.1, 0.15) is 5.69 Å². The van der Waals surface area contributed by atoms with E-state index in [1.165, 1.54) is 0 Å². The number of nitrogens with zero attached hydrogens (tertiary/aromatic N) is 3. The molecule has 1 aliphatic rings. The van der Waals surface area contributed by atoms with Crippen molar-refractivity contribution in [1.29, 1.82) is 0 Å². The van der Waals surface area contributed by atoms with E-state index in [4.69, 9.17) is 16.1 Å². The first-order valence-corrected chi connectivity index (χ1v) is 8.87. The van der Waals surface area contributed by atoms with Crippen molar-refractivity contribution in [1.82, 2.24) is 10.1 Å². The Hall–Kier alpha value is -1.46. The summed E-state index contributed by atoms with van der Waals surface area (Å²) in [5, 5.41) is 6.01. The molecule has 0 amide bonds. The van der Waals surface area contributed by atoms with Crippen molar-refractivity contribution in [2.45, 2.75) is 19.4 Å². The van der Waals surface area contributed by atoms with Crippen LogP contribution in [0.15, 0.2) is 39.8 Å². The lowest BCUT2D eigenvalue weighted by Crippen LogP contribution is -2.36. The summed E-state index contributed by atoms with van der Waals surface area (Å²) < 4.78 is 5.50. The average molecular weight is 336 g/mol. The van der Waals surface area contributed by atoms with Gasteiger partial charge in [0.25, 0.3) is 0 Å². The van der Waals surface area contributed by atoms with Gasteiger partial charge in [0.15, 0.2) is 10.9 Å². The third kappa shape index (κ3) is 3.15. The minimum absolute atomic E-state index is 0.142. The molecule has 0 radical (unpaired) electrons. The predicted molar refractivity (Wildman–Crippen MR) is 92.5 cm³/mol. The van der Waals surface area contributed by atoms with E-state index in [0.717, 1.165) is 41.7 Å². The van der Waals surface area contributed by atoms with Crippen LogP contribution in [-0.2, 0) is 0 Å². The van der Waals surface area contributed by atoms with E-state index < -0.39 is 0 Å². The number of rotatable bonds is 3. The van der Waals surface area contributed by atoms with Gasteiger partial charge >= 0.3 is 0 Å². The Bertz CT molecular complexity index is 686. The summed E-state index contributed by atoms with van der Waals surface area (Å²) in [4.78, 5) is 6.87. The van der Waals surface area contributed by atoms with E-state index in [-0.39, 0.29) is 6.04 Å². The Labute approximate surface area is 139 Å². The highest BCUT2D eigenvalue weighted by atomic mass is 35.5. The predicted octanol–water partition coefficient (Wildman–Crippen LogP) is 4.48. The quantitative estimate of drug-likeness (QED) is 0.829. The number of amidine groups is 1. The lowest BCUT2D eigenvalue weighted by atomic mass is 10.1. The molecule has 0 aliphatic carbocycles. The molecule has 1 aromatic heterocycles. The maximum atomic E-state index is 6.03. The van der Waals surface area contributed by atoms with Gasteiger partial charge in [-0.1, -0.05) is 40.7 Å². The fourth-order valence-corrected chi connectivity index (χ4v) is 3.46. The van der Waals surface area contributed by atoms with Crippen LogP contribution < -0.4 is 0 Å². The molecule has 0 spiro atoms. The van der Waals surface area contributed by atoms with Gasteiger partial charge in [-0.2, -0.15) is 0 Å². The summed E-state index contributed by atoms with van der Waals surface area (Å²) in [5.74, 6) is 0.740. The summed E-state index contributed by atoms with van der Waals surface area (Å²) in [6.45, 7) is 4.04. The molecule has 0 fully saturated rings. The normalized spacial score (nSPS) is 16.5. The zero-order chi connectivity index (χ0) is 15.5. The number of benzene rings is 1. The minimum atomic E-state index is 0.142. The van der Waals surface area contributed by atoms with Crippen LogP contribution in [0, 0.1) is 0 Å². The van der Waals surface area contributed by atoms with Crippen molar-refractivity contribution in [3.63, 3.8) is 0 Å². The van der Waals surface area contributed by atoms with Crippen molar-refractivity contribution < 1.29 is 4.52 Å². The summed E-state index contributed by atoms with van der Waals surface area (Å²) in [6.07, 6.45) is 3.14. The van der Waals surface area contributed by atoms with Gasteiger partial charge in [0.05, 0.1) is 6.04 Å². The highest BCUT2D eigenvalue weighted by Crippen LogP contribution is 2.29. The van der Waals surface area contributed by atoms with Gasteiger partial charge in [0.2, 0.25) is 0 Å². The molecule has 2 heterocycles. The highest BCUT2D eigenvalue weighted by molar-refractivity contribution is 8.13. The van der Waals surface area contributed by atoms with Crippen LogP contribution in [-0.4, -0.2) is 34.6 Å². The summed E-state index contributed by atoms with van der Waals surface area (Å²) in [6, 6.07) is 9.74. The number of thioether (sulfide) groups is 1. The van der Waals surface area contributed by atoms with Gasteiger partial charge in [-0.05, 0) is 31.7 Å². The number of hydrogen-bond acceptors (Lipinski definition) is 5. The molecule has 2 aromatic rings. The molecule has 1 unspecified atom stereocenters. The molecule has 0 saturated heterocycles. The first-order valence-electron chi connectivity index (χ1n) is 7.26. The Morgan fingerprint density at radius 2 is 2.23 bits per heavy atom. The van der Waals surface area contributed by atoms with Crippen LogP contribution in [0.25, 0.3) is 11.3 Å². The van der Waals surface area contributed by atoms with Crippen molar-refractivity contribution in [3.05, 3.63) is 41.0 Å². The highest BCUT2D eigenvalue weighted by Gasteiger charge is 2.24. The number of halogens is 1. The third-order valence-electron chi connectivity index (χ3n) is 3.77. The first kappa shape index (κ1) is 15.4. The number of hydrogen-bond donors (Lipinski definition) is 0. The molecule has 6 heteroatoms. The molecule has 116 valence electrons. The van der Waals surface area contributed by atoms with Crippen molar-refractivity contribution in [2.75, 3.05) is 19.3 Å². The van der Waals surface area contributed by atoms with Crippen LogP contribution in [0.5, 0.6) is 0 Å². The van der Waals surface area contributed by atoms with Crippen molar-refractivity contribution >= 4 is 28.5 Å². The lowest BCUT2D eigenvalue weighted by Gasteiger charge is -2.32. The molecular formula is C16H18ClN3OS. The van der Waals surface area contributed by atoms with Crippen molar-refractivity contribution in [3.8, 4) is 11.3 Å². The summed E-state index contributed by atoms with van der Waals surface area (Å²) >= 11 is 7.72. The molecule has 1 aromatic carbocycles. The molecule has 0 bridgehead atoms. The second kappa shape index (κ2) is 6.75. The molecule has 0 saturated carbocycles. The Kier molecular flexibility index (Phi) is 4.74. The van der Waals surface area contributed by atoms with Crippen LogP contribution in [0.2, 0.25) is 5.02 Å². The molecule has 22 heavy (non-hydrogen) atoms. The molecule has 4 nitrogen and oxygen atoms in total. The first-order chi connectivity index (χ1) is 10.7. The Balaban J connectivity index is 1.84. The molecule has 1 aliphatic heterocycles. The maximum absolute atomic E-state index is 6.03. The van der Waals surface area contributed by atoms with Gasteiger partial charge in [-0.3, -0.25) is 4.99 Å². The van der Waals surface area contributed by atoms with Crippen LogP contribution >= 0.6 is 23.4 Å². The fourth-order valence-electron chi connectivity index (χ4n) is 2.57. The van der Waals surface area contributed by atoms with E-state index in [1.807, 2.05) is 30.3 Å². The molecule has 3 rings (SSSR count). The zero-order valence-electron chi connectivity index (χ0n) is 12.6. The van der Waals surface area contributed by atoms with Gasteiger partial charge in [0, 0.05) is 29.7 Å². The largest absolute Gasteiger partial charge is 0.356 e. The van der Waals surface area contributed by atoms with E-state index in [1.54, 1.807) is 11.8 Å². The van der Waals surface area contributed by atoms with Crippen LogP contribution in [0.1, 0.15) is 25.1 Å². The van der Waals surface area contributed by atoms with Crippen LogP contribution in [0.3, 0.4) is 0 Å². The summed E-state index contributed by atoms with van der Waals surface area (Å²) in [5.41, 5.74) is 1.86. The maximum Gasteiger partial charge on any atom is 0.167 e. The van der Waals surface area contributed by atoms with E-state index in [0.29, 0.717) is 5.02 Å². The van der Waals surface area contributed by atoms with E-state index >= 15 is 0 Å². The lowest BCUT2D eigenvalue weighted by molar-refractivity contribution is 0.307. The number of aliphatic imine (C=N–C) groups is 1.